The average molecular weight is 221 g/mol. The van der Waals surface area contributed by atoms with Crippen molar-refractivity contribution in [3.8, 4) is 0 Å². The van der Waals surface area contributed by atoms with E-state index in [9.17, 15) is 17.2 Å². The molecule has 0 spiro atoms. The zero-order chi connectivity index (χ0) is 9.41. The lowest BCUT2D eigenvalue weighted by Crippen LogP contribution is -2.39. The van der Waals surface area contributed by atoms with Gasteiger partial charge >= 0.3 is 9.24 Å². The minimum Gasteiger partial charge on any atom is -0.224 e. The standard InChI is InChI=1S/C4H7ClF2N2O2S/c5-12(10,11)8-9-2-1-4(6,7)3-9/h8H,1-3H2. The lowest BCUT2D eigenvalue weighted by atomic mass is 10.3. The van der Waals surface area contributed by atoms with Crippen LogP contribution in [0.5, 0.6) is 0 Å². The third-order valence-electron chi connectivity index (χ3n) is 1.41. The molecule has 1 heterocycles. The molecule has 0 bridgehead atoms. The van der Waals surface area contributed by atoms with Crippen LogP contribution in [0.4, 0.5) is 8.78 Å². The van der Waals surface area contributed by atoms with E-state index >= 15 is 0 Å². The third kappa shape index (κ3) is 3.18. The molecule has 0 saturated carbocycles. The molecule has 12 heavy (non-hydrogen) atoms. The molecule has 0 amide bonds. The Kier molecular flexibility index (Phi) is 2.57. The lowest BCUT2D eigenvalue weighted by Gasteiger charge is -2.13. The molecule has 1 saturated heterocycles. The minimum atomic E-state index is -3.94. The molecule has 1 rings (SSSR count). The van der Waals surface area contributed by atoms with Gasteiger partial charge in [0.2, 0.25) is 0 Å². The van der Waals surface area contributed by atoms with Crippen molar-refractivity contribution in [2.24, 2.45) is 0 Å². The molecule has 1 aliphatic rings. The first kappa shape index (κ1) is 10.1. The van der Waals surface area contributed by atoms with Crippen LogP contribution in [0.2, 0.25) is 0 Å². The summed E-state index contributed by atoms with van der Waals surface area (Å²) in [6, 6.07) is 0. The number of hydrazine groups is 1. The van der Waals surface area contributed by atoms with E-state index in [0.717, 1.165) is 5.01 Å². The molecule has 0 aliphatic carbocycles. The summed E-state index contributed by atoms with van der Waals surface area (Å²) >= 11 is 0. The zero-order valence-corrected chi connectivity index (χ0v) is 7.50. The highest BCUT2D eigenvalue weighted by Crippen LogP contribution is 2.25. The van der Waals surface area contributed by atoms with Gasteiger partial charge in [-0.3, -0.25) is 0 Å². The summed E-state index contributed by atoms with van der Waals surface area (Å²) < 4.78 is 45.6. The lowest BCUT2D eigenvalue weighted by molar-refractivity contribution is 0.0102. The van der Waals surface area contributed by atoms with E-state index in [-0.39, 0.29) is 13.0 Å². The molecule has 72 valence electrons. The Hall–Kier alpha value is 0.0200. The molecule has 4 nitrogen and oxygen atoms in total. The molecule has 1 aliphatic heterocycles. The summed E-state index contributed by atoms with van der Waals surface area (Å²) in [5.41, 5.74) is 0. The highest BCUT2D eigenvalue weighted by atomic mass is 35.7. The molecule has 1 N–H and O–H groups in total. The van der Waals surface area contributed by atoms with Gasteiger partial charge in [0.15, 0.2) is 0 Å². The number of rotatable bonds is 2. The van der Waals surface area contributed by atoms with Crippen molar-refractivity contribution in [3.05, 3.63) is 0 Å². The van der Waals surface area contributed by atoms with E-state index in [2.05, 4.69) is 0 Å². The minimum absolute atomic E-state index is 0.0288. The summed E-state index contributed by atoms with van der Waals surface area (Å²) in [5.74, 6) is -2.82. The molecule has 8 heteroatoms. The second-order valence-corrected chi connectivity index (χ2v) is 4.83. The fraction of sp³-hybridized carbons (Fsp3) is 1.00. The van der Waals surface area contributed by atoms with Gasteiger partial charge in [0.25, 0.3) is 5.92 Å². The van der Waals surface area contributed by atoms with Crippen LogP contribution in [0.25, 0.3) is 0 Å². The first-order valence-electron chi connectivity index (χ1n) is 3.13. The Morgan fingerprint density at radius 2 is 2.08 bits per heavy atom. The number of nitrogens with zero attached hydrogens (tertiary/aromatic N) is 1. The smallest absolute Gasteiger partial charge is 0.224 e. The van der Waals surface area contributed by atoms with Gasteiger partial charge < -0.3 is 0 Å². The van der Waals surface area contributed by atoms with Crippen molar-refractivity contribution in [1.82, 2.24) is 9.84 Å². The number of hydrogen-bond acceptors (Lipinski definition) is 3. The van der Waals surface area contributed by atoms with Crippen LogP contribution < -0.4 is 4.83 Å². The summed E-state index contributed by atoms with van der Waals surface area (Å²) in [7, 11) is 0.838. The Morgan fingerprint density at radius 1 is 1.50 bits per heavy atom. The summed E-state index contributed by atoms with van der Waals surface area (Å²) in [6.07, 6.45) is -0.355. The summed E-state index contributed by atoms with van der Waals surface area (Å²) in [6.45, 7) is -0.655. The summed E-state index contributed by atoms with van der Waals surface area (Å²) in [5, 5.41) is 0.877. The van der Waals surface area contributed by atoms with Gasteiger partial charge in [0, 0.05) is 23.6 Å². The van der Waals surface area contributed by atoms with E-state index < -0.39 is 21.7 Å². The molecule has 0 radical (unpaired) electrons. The normalized spacial score (nSPS) is 24.6. The van der Waals surface area contributed by atoms with Crippen molar-refractivity contribution in [3.63, 3.8) is 0 Å². The van der Waals surface area contributed by atoms with Crippen molar-refractivity contribution in [2.75, 3.05) is 13.1 Å². The fourth-order valence-corrected chi connectivity index (χ4v) is 1.73. The Balaban J connectivity index is 2.49. The molecule has 0 aromatic heterocycles. The van der Waals surface area contributed by atoms with Crippen LogP contribution in [-0.4, -0.2) is 32.4 Å². The maximum atomic E-state index is 12.5. The molecule has 0 unspecified atom stereocenters. The first-order valence-corrected chi connectivity index (χ1v) is 5.44. The van der Waals surface area contributed by atoms with Crippen LogP contribution in [0.3, 0.4) is 0 Å². The molecular formula is C4H7ClF2N2O2S. The van der Waals surface area contributed by atoms with E-state index in [1.54, 1.807) is 4.83 Å². The largest absolute Gasteiger partial charge is 0.310 e. The SMILES string of the molecule is O=S(=O)(Cl)NN1CCC(F)(F)C1. The molecule has 0 aromatic carbocycles. The van der Waals surface area contributed by atoms with Gasteiger partial charge in [-0.05, 0) is 0 Å². The molecule has 1 fully saturated rings. The number of alkyl halides is 2. The average Bonchev–Trinajstić information content (AvgIpc) is 2.05. The van der Waals surface area contributed by atoms with Crippen molar-refractivity contribution in [1.29, 1.82) is 0 Å². The topological polar surface area (TPSA) is 49.4 Å². The number of halogens is 3. The number of nitrogens with one attached hydrogen (secondary N) is 1. The van der Waals surface area contributed by atoms with Gasteiger partial charge in [-0.15, -0.1) is 4.83 Å². The van der Waals surface area contributed by atoms with Crippen molar-refractivity contribution < 1.29 is 17.2 Å². The quantitative estimate of drug-likeness (QED) is 0.682. The van der Waals surface area contributed by atoms with Gasteiger partial charge in [0.1, 0.15) is 0 Å². The van der Waals surface area contributed by atoms with Crippen LogP contribution in [-0.2, 0) is 9.24 Å². The Morgan fingerprint density at radius 3 is 2.42 bits per heavy atom. The van der Waals surface area contributed by atoms with E-state index in [0.29, 0.717) is 0 Å². The van der Waals surface area contributed by atoms with E-state index in [1.807, 2.05) is 0 Å². The molecule has 0 atom stereocenters. The third-order valence-corrected chi connectivity index (χ3v) is 2.09. The predicted molar refractivity (Wildman–Crippen MR) is 39.0 cm³/mol. The van der Waals surface area contributed by atoms with Crippen LogP contribution in [0.15, 0.2) is 0 Å². The monoisotopic (exact) mass is 220 g/mol. The second kappa shape index (κ2) is 3.06. The maximum absolute atomic E-state index is 12.5. The van der Waals surface area contributed by atoms with Gasteiger partial charge in [-0.1, -0.05) is 0 Å². The van der Waals surface area contributed by atoms with Crippen LogP contribution in [0.1, 0.15) is 6.42 Å². The van der Waals surface area contributed by atoms with Gasteiger partial charge in [-0.25, -0.2) is 13.8 Å². The highest BCUT2D eigenvalue weighted by molar-refractivity contribution is 8.12. The van der Waals surface area contributed by atoms with E-state index in [4.69, 9.17) is 10.7 Å². The zero-order valence-electron chi connectivity index (χ0n) is 5.93. The second-order valence-electron chi connectivity index (χ2n) is 2.56. The van der Waals surface area contributed by atoms with Crippen molar-refractivity contribution >= 4 is 19.9 Å². The maximum Gasteiger partial charge on any atom is 0.310 e. The van der Waals surface area contributed by atoms with E-state index in [1.165, 1.54) is 0 Å². The Labute approximate surface area is 73.0 Å². The summed E-state index contributed by atoms with van der Waals surface area (Å²) in [4.78, 5) is 1.76. The van der Waals surface area contributed by atoms with Gasteiger partial charge in [-0.2, -0.15) is 8.42 Å². The highest BCUT2D eigenvalue weighted by Gasteiger charge is 2.39. The predicted octanol–water partition coefficient (Wildman–Crippen LogP) is 0.316. The van der Waals surface area contributed by atoms with Gasteiger partial charge in [0.05, 0.1) is 6.54 Å². The fourth-order valence-electron chi connectivity index (χ4n) is 0.968. The first-order chi connectivity index (χ1) is 5.29. The van der Waals surface area contributed by atoms with Crippen LogP contribution >= 0.6 is 10.7 Å². The Bertz CT molecular complexity index is 268. The van der Waals surface area contributed by atoms with Crippen LogP contribution in [0, 0.1) is 0 Å². The number of hydrogen-bond donors (Lipinski definition) is 1. The molecular weight excluding hydrogens is 214 g/mol. The van der Waals surface area contributed by atoms with Crippen molar-refractivity contribution in [2.45, 2.75) is 12.3 Å². The molecule has 0 aromatic rings.